The molecule has 0 saturated carbocycles. The maximum absolute atomic E-state index is 10.7. The van der Waals surface area contributed by atoms with Gasteiger partial charge in [-0.2, -0.15) is 0 Å². The molecule has 1 heterocycles. The monoisotopic (exact) mass is 171 g/mol. The van der Waals surface area contributed by atoms with Crippen molar-refractivity contribution < 1.29 is 4.79 Å². The Morgan fingerprint density at radius 2 is 2.08 bits per heavy atom. The quantitative estimate of drug-likeness (QED) is 0.579. The van der Waals surface area contributed by atoms with E-state index in [0.717, 1.165) is 13.1 Å². The third kappa shape index (κ3) is 3.19. The van der Waals surface area contributed by atoms with Crippen LogP contribution in [-0.2, 0) is 4.79 Å². The molecule has 1 fully saturated rings. The molecule has 1 aliphatic heterocycles. The lowest BCUT2D eigenvalue weighted by Crippen LogP contribution is -2.36. The highest BCUT2D eigenvalue weighted by Gasteiger charge is 2.10. The molecule has 3 N–H and O–H groups in total. The van der Waals surface area contributed by atoms with Gasteiger partial charge < -0.3 is 16.0 Å². The fraction of sp³-hybridized carbons (Fsp3) is 0.875. The molecule has 12 heavy (non-hydrogen) atoms. The van der Waals surface area contributed by atoms with Crippen molar-refractivity contribution in [1.29, 1.82) is 0 Å². The molecule has 70 valence electrons. The number of likely N-dealkylation sites (tertiary alicyclic amines) is 1. The van der Waals surface area contributed by atoms with Gasteiger partial charge in [-0.3, -0.25) is 4.79 Å². The van der Waals surface area contributed by atoms with Gasteiger partial charge in [-0.05, 0) is 25.9 Å². The number of carbonyl (C=O) groups is 1. The van der Waals surface area contributed by atoms with Crippen LogP contribution in [0.5, 0.6) is 0 Å². The minimum atomic E-state index is -0.0609. The van der Waals surface area contributed by atoms with Crippen LogP contribution in [0, 0.1) is 0 Å². The fourth-order valence-electron chi connectivity index (χ4n) is 1.43. The Hall–Kier alpha value is -0.610. The van der Waals surface area contributed by atoms with Crippen LogP contribution in [-0.4, -0.2) is 43.5 Å². The van der Waals surface area contributed by atoms with Crippen LogP contribution in [0.3, 0.4) is 0 Å². The number of hydrogen-bond acceptors (Lipinski definition) is 3. The average molecular weight is 171 g/mol. The smallest absolute Gasteiger partial charge is 0.233 e. The first-order chi connectivity index (χ1) is 5.83. The van der Waals surface area contributed by atoms with Gasteiger partial charge in [0.1, 0.15) is 0 Å². The number of hydrogen-bond donors (Lipinski definition) is 2. The van der Waals surface area contributed by atoms with Crippen LogP contribution in [0.15, 0.2) is 0 Å². The molecular formula is C8H17N3O. The highest BCUT2D eigenvalue weighted by Crippen LogP contribution is 2.05. The summed E-state index contributed by atoms with van der Waals surface area (Å²) in [6.45, 7) is 4.15. The molecule has 0 aromatic rings. The number of nitrogens with zero attached hydrogens (tertiary/aromatic N) is 1. The fourth-order valence-corrected chi connectivity index (χ4v) is 1.43. The Morgan fingerprint density at radius 3 is 2.67 bits per heavy atom. The van der Waals surface area contributed by atoms with Crippen LogP contribution in [0.2, 0.25) is 0 Å². The molecule has 0 unspecified atom stereocenters. The molecule has 0 aromatic carbocycles. The number of amides is 1. The van der Waals surface area contributed by atoms with Crippen LogP contribution < -0.4 is 11.1 Å². The number of carbonyl (C=O) groups excluding carboxylic acids is 1. The van der Waals surface area contributed by atoms with Crippen molar-refractivity contribution >= 4 is 5.91 Å². The lowest BCUT2D eigenvalue weighted by atomic mass is 10.4. The average Bonchev–Trinajstić information content (AvgIpc) is 2.57. The van der Waals surface area contributed by atoms with Crippen LogP contribution in [0.4, 0.5) is 0 Å². The SMILES string of the molecule is NCC(=O)NCCN1CCCC1. The first kappa shape index (κ1) is 9.48. The maximum Gasteiger partial charge on any atom is 0.233 e. The van der Waals surface area contributed by atoms with E-state index in [-0.39, 0.29) is 12.5 Å². The first-order valence-electron chi connectivity index (χ1n) is 4.52. The van der Waals surface area contributed by atoms with E-state index in [2.05, 4.69) is 10.2 Å². The van der Waals surface area contributed by atoms with E-state index in [9.17, 15) is 4.79 Å². The number of rotatable bonds is 4. The maximum atomic E-state index is 10.7. The standard InChI is InChI=1S/C8H17N3O/c9-7-8(12)10-3-6-11-4-1-2-5-11/h1-7,9H2,(H,10,12). The third-order valence-electron chi connectivity index (χ3n) is 2.13. The van der Waals surface area contributed by atoms with E-state index in [1.165, 1.54) is 25.9 Å². The van der Waals surface area contributed by atoms with Crippen molar-refractivity contribution in [3.05, 3.63) is 0 Å². The van der Waals surface area contributed by atoms with Gasteiger partial charge in [-0.25, -0.2) is 0 Å². The molecule has 1 aliphatic rings. The molecule has 0 atom stereocenters. The van der Waals surface area contributed by atoms with Gasteiger partial charge in [-0.1, -0.05) is 0 Å². The molecule has 0 radical (unpaired) electrons. The van der Waals surface area contributed by atoms with Gasteiger partial charge in [0, 0.05) is 13.1 Å². The van der Waals surface area contributed by atoms with Gasteiger partial charge in [-0.15, -0.1) is 0 Å². The van der Waals surface area contributed by atoms with Gasteiger partial charge in [0.25, 0.3) is 0 Å². The Kier molecular flexibility index (Phi) is 4.04. The molecule has 4 nitrogen and oxygen atoms in total. The zero-order valence-corrected chi connectivity index (χ0v) is 7.38. The molecule has 1 amide bonds. The van der Waals surface area contributed by atoms with Crippen LogP contribution in [0.1, 0.15) is 12.8 Å². The summed E-state index contributed by atoms with van der Waals surface area (Å²) in [7, 11) is 0. The molecular weight excluding hydrogens is 154 g/mol. The Morgan fingerprint density at radius 1 is 1.42 bits per heavy atom. The van der Waals surface area contributed by atoms with E-state index in [1.54, 1.807) is 0 Å². The highest BCUT2D eigenvalue weighted by atomic mass is 16.1. The molecule has 0 spiro atoms. The minimum absolute atomic E-state index is 0.0609. The zero-order chi connectivity index (χ0) is 8.81. The second-order valence-electron chi connectivity index (χ2n) is 3.10. The normalized spacial score (nSPS) is 18.1. The van der Waals surface area contributed by atoms with Crippen molar-refractivity contribution in [2.45, 2.75) is 12.8 Å². The predicted octanol–water partition coefficient (Wildman–Crippen LogP) is -0.843. The second-order valence-corrected chi connectivity index (χ2v) is 3.10. The minimum Gasteiger partial charge on any atom is -0.354 e. The van der Waals surface area contributed by atoms with Crippen molar-refractivity contribution in [2.75, 3.05) is 32.7 Å². The van der Waals surface area contributed by atoms with E-state index >= 15 is 0 Å². The number of nitrogens with two attached hydrogens (primary N) is 1. The second kappa shape index (κ2) is 5.11. The summed E-state index contributed by atoms with van der Waals surface area (Å²) in [6.07, 6.45) is 2.59. The summed E-state index contributed by atoms with van der Waals surface area (Å²) < 4.78 is 0. The van der Waals surface area contributed by atoms with Crippen LogP contribution >= 0.6 is 0 Å². The molecule has 1 saturated heterocycles. The van der Waals surface area contributed by atoms with Gasteiger partial charge in [0.2, 0.25) is 5.91 Å². The van der Waals surface area contributed by atoms with E-state index in [0.29, 0.717) is 0 Å². The summed E-state index contributed by atoms with van der Waals surface area (Å²) in [5.41, 5.74) is 5.14. The van der Waals surface area contributed by atoms with Crippen molar-refractivity contribution in [3.8, 4) is 0 Å². The van der Waals surface area contributed by atoms with E-state index < -0.39 is 0 Å². The van der Waals surface area contributed by atoms with Crippen molar-refractivity contribution in [3.63, 3.8) is 0 Å². The van der Waals surface area contributed by atoms with Crippen molar-refractivity contribution in [1.82, 2.24) is 10.2 Å². The van der Waals surface area contributed by atoms with Gasteiger partial charge in [0.05, 0.1) is 6.54 Å². The summed E-state index contributed by atoms with van der Waals surface area (Å²) in [6, 6.07) is 0. The zero-order valence-electron chi connectivity index (χ0n) is 7.38. The summed E-state index contributed by atoms with van der Waals surface area (Å²) >= 11 is 0. The summed E-state index contributed by atoms with van der Waals surface area (Å²) in [5, 5.41) is 2.75. The van der Waals surface area contributed by atoms with Gasteiger partial charge >= 0.3 is 0 Å². The van der Waals surface area contributed by atoms with Crippen molar-refractivity contribution in [2.24, 2.45) is 5.73 Å². The lowest BCUT2D eigenvalue weighted by Gasteiger charge is -2.14. The van der Waals surface area contributed by atoms with E-state index in [1.807, 2.05) is 0 Å². The van der Waals surface area contributed by atoms with E-state index in [4.69, 9.17) is 5.73 Å². The first-order valence-corrected chi connectivity index (χ1v) is 4.52. The van der Waals surface area contributed by atoms with Gasteiger partial charge in [0.15, 0.2) is 0 Å². The predicted molar refractivity (Wildman–Crippen MR) is 47.7 cm³/mol. The topological polar surface area (TPSA) is 58.4 Å². The Bertz CT molecular complexity index is 143. The molecule has 0 aliphatic carbocycles. The lowest BCUT2D eigenvalue weighted by molar-refractivity contribution is -0.119. The Balaban J connectivity index is 1.97. The summed E-state index contributed by atoms with van der Waals surface area (Å²) in [4.78, 5) is 13.1. The third-order valence-corrected chi connectivity index (χ3v) is 2.13. The van der Waals surface area contributed by atoms with Crippen LogP contribution in [0.25, 0.3) is 0 Å². The Labute approximate surface area is 73.1 Å². The summed E-state index contributed by atoms with van der Waals surface area (Å²) in [5.74, 6) is -0.0609. The number of nitrogens with one attached hydrogen (secondary N) is 1. The molecule has 0 bridgehead atoms. The molecule has 1 rings (SSSR count). The molecule has 4 heteroatoms. The highest BCUT2D eigenvalue weighted by molar-refractivity contribution is 5.77. The largest absolute Gasteiger partial charge is 0.354 e. The molecule has 0 aromatic heterocycles.